The summed E-state index contributed by atoms with van der Waals surface area (Å²) in [6.07, 6.45) is 1.33. The predicted molar refractivity (Wildman–Crippen MR) is 47.0 cm³/mol. The van der Waals surface area contributed by atoms with Crippen LogP contribution in [0.4, 0.5) is 0 Å². The van der Waals surface area contributed by atoms with E-state index in [0.717, 1.165) is 6.42 Å². The van der Waals surface area contributed by atoms with Crippen molar-refractivity contribution in [2.24, 2.45) is 5.73 Å². The van der Waals surface area contributed by atoms with Gasteiger partial charge in [0.2, 0.25) is 15.9 Å². The minimum Gasteiger partial charge on any atom is -0.368 e. The molecule has 0 spiro atoms. The lowest BCUT2D eigenvalue weighted by Crippen LogP contribution is -2.31. The largest absolute Gasteiger partial charge is 0.368 e. The first-order valence-electron chi connectivity index (χ1n) is 3.87. The lowest BCUT2D eigenvalue weighted by molar-refractivity contribution is -0.123. The van der Waals surface area contributed by atoms with Gasteiger partial charge in [-0.1, -0.05) is 18.2 Å². The van der Waals surface area contributed by atoms with Crippen molar-refractivity contribution in [1.82, 2.24) is 4.89 Å². The molecule has 0 fully saturated rings. The maximum atomic E-state index is 11.0. The summed E-state index contributed by atoms with van der Waals surface area (Å²) in [5, 5.41) is 0. The normalized spacial score (nSPS) is 11.5. The molecule has 0 aromatic carbocycles. The molecule has 0 aliphatic heterocycles. The smallest absolute Gasteiger partial charge is 0.245 e. The fourth-order valence-electron chi connectivity index (χ4n) is 0.566. The Morgan fingerprint density at radius 2 is 2.15 bits per heavy atom. The van der Waals surface area contributed by atoms with E-state index in [-0.39, 0.29) is 5.75 Å². The zero-order valence-electron chi connectivity index (χ0n) is 7.45. The summed E-state index contributed by atoms with van der Waals surface area (Å²) in [5.41, 5.74) is 4.72. The van der Waals surface area contributed by atoms with Gasteiger partial charge in [-0.2, -0.15) is 0 Å². The summed E-state index contributed by atoms with van der Waals surface area (Å²) < 4.78 is 22.0. The van der Waals surface area contributed by atoms with Crippen molar-refractivity contribution in [2.45, 2.75) is 19.8 Å². The van der Waals surface area contributed by atoms with E-state index < -0.39 is 22.5 Å². The van der Waals surface area contributed by atoms with Gasteiger partial charge in [0.1, 0.15) is 6.61 Å². The quantitative estimate of drug-likeness (QED) is 0.533. The van der Waals surface area contributed by atoms with Crippen molar-refractivity contribution in [3.63, 3.8) is 0 Å². The molecule has 0 aliphatic rings. The maximum absolute atomic E-state index is 11.0. The molecule has 0 saturated carbocycles. The van der Waals surface area contributed by atoms with Gasteiger partial charge >= 0.3 is 0 Å². The monoisotopic (exact) mass is 210 g/mol. The van der Waals surface area contributed by atoms with Gasteiger partial charge in [-0.3, -0.25) is 9.63 Å². The van der Waals surface area contributed by atoms with Crippen molar-refractivity contribution in [1.29, 1.82) is 0 Å². The second-order valence-electron chi connectivity index (χ2n) is 2.51. The van der Waals surface area contributed by atoms with Crippen LogP contribution in [0.3, 0.4) is 0 Å². The van der Waals surface area contributed by atoms with Gasteiger partial charge in [0, 0.05) is 0 Å². The maximum Gasteiger partial charge on any atom is 0.245 e. The average molecular weight is 210 g/mol. The minimum atomic E-state index is -3.42. The number of carbonyl (C=O) groups is 1. The zero-order valence-corrected chi connectivity index (χ0v) is 8.26. The number of nitrogens with two attached hydrogens (primary N) is 1. The van der Waals surface area contributed by atoms with E-state index in [2.05, 4.69) is 4.84 Å². The number of amides is 1. The van der Waals surface area contributed by atoms with Crippen LogP contribution >= 0.6 is 0 Å². The molecule has 0 saturated heterocycles. The van der Waals surface area contributed by atoms with Crippen LogP contribution in [0.2, 0.25) is 0 Å². The van der Waals surface area contributed by atoms with Crippen LogP contribution in [0.25, 0.3) is 0 Å². The highest BCUT2D eigenvalue weighted by Crippen LogP contribution is 1.92. The lowest BCUT2D eigenvalue weighted by atomic mass is 10.4. The van der Waals surface area contributed by atoms with Crippen molar-refractivity contribution in [3.05, 3.63) is 0 Å². The van der Waals surface area contributed by atoms with E-state index in [1.807, 2.05) is 6.92 Å². The van der Waals surface area contributed by atoms with Crippen LogP contribution < -0.4 is 10.6 Å². The van der Waals surface area contributed by atoms with E-state index in [0.29, 0.717) is 6.42 Å². The number of unbranched alkanes of at least 4 members (excludes halogenated alkanes) is 1. The van der Waals surface area contributed by atoms with Gasteiger partial charge < -0.3 is 5.73 Å². The summed E-state index contributed by atoms with van der Waals surface area (Å²) in [5.74, 6) is -0.736. The number of primary amides is 1. The standard InChI is InChI=1S/C6H14N2O4S/c1-2-3-4-13(10,11)8-12-5-6(7)9/h8H,2-5H2,1H3,(H2,7,9). The van der Waals surface area contributed by atoms with E-state index in [1.54, 1.807) is 4.89 Å². The molecule has 0 rings (SSSR count). The molecule has 0 heterocycles. The highest BCUT2D eigenvalue weighted by Gasteiger charge is 2.09. The Labute approximate surface area is 77.4 Å². The molecule has 78 valence electrons. The van der Waals surface area contributed by atoms with Gasteiger partial charge in [-0.25, -0.2) is 8.42 Å². The van der Waals surface area contributed by atoms with Gasteiger partial charge in [0.25, 0.3) is 0 Å². The third kappa shape index (κ3) is 7.69. The topological polar surface area (TPSA) is 98.5 Å². The number of rotatable bonds is 7. The summed E-state index contributed by atoms with van der Waals surface area (Å²) in [6.45, 7) is 1.42. The molecular weight excluding hydrogens is 196 g/mol. The number of hydrogen-bond donors (Lipinski definition) is 2. The van der Waals surface area contributed by atoms with Gasteiger partial charge in [-0.15, -0.1) is 0 Å². The predicted octanol–water partition coefficient (Wildman–Crippen LogP) is -0.877. The first kappa shape index (κ1) is 12.3. The molecule has 0 radical (unpaired) electrons. The third-order valence-electron chi connectivity index (χ3n) is 1.17. The second kappa shape index (κ2) is 5.90. The summed E-state index contributed by atoms with van der Waals surface area (Å²) in [6, 6.07) is 0. The third-order valence-corrected chi connectivity index (χ3v) is 2.36. The Bertz CT molecular complexity index is 249. The summed E-state index contributed by atoms with van der Waals surface area (Å²) >= 11 is 0. The van der Waals surface area contributed by atoms with Crippen molar-refractivity contribution < 1.29 is 18.0 Å². The Hall–Kier alpha value is -0.660. The average Bonchev–Trinajstić information content (AvgIpc) is 2.00. The number of hydrogen-bond acceptors (Lipinski definition) is 4. The lowest BCUT2D eigenvalue weighted by Gasteiger charge is -2.04. The van der Waals surface area contributed by atoms with Crippen LogP contribution in [0.15, 0.2) is 0 Å². The molecule has 0 aromatic heterocycles. The molecule has 6 nitrogen and oxygen atoms in total. The summed E-state index contributed by atoms with van der Waals surface area (Å²) in [4.78, 5) is 16.3. The van der Waals surface area contributed by atoms with Crippen LogP contribution in [0, 0.1) is 0 Å². The Morgan fingerprint density at radius 1 is 1.54 bits per heavy atom. The van der Waals surface area contributed by atoms with Crippen LogP contribution in [-0.2, 0) is 19.7 Å². The first-order chi connectivity index (χ1) is 5.98. The molecule has 7 heteroatoms. The van der Waals surface area contributed by atoms with Crippen LogP contribution in [0.5, 0.6) is 0 Å². The molecule has 13 heavy (non-hydrogen) atoms. The molecule has 0 aliphatic carbocycles. The zero-order chi connectivity index (χ0) is 10.3. The summed E-state index contributed by atoms with van der Waals surface area (Å²) in [7, 11) is -3.42. The fourth-order valence-corrected chi connectivity index (χ4v) is 1.56. The number of nitrogens with one attached hydrogen (secondary N) is 1. The van der Waals surface area contributed by atoms with E-state index in [4.69, 9.17) is 5.73 Å². The second-order valence-corrected chi connectivity index (χ2v) is 4.32. The number of sulfonamides is 1. The Balaban J connectivity index is 3.70. The van der Waals surface area contributed by atoms with E-state index in [9.17, 15) is 13.2 Å². The first-order valence-corrected chi connectivity index (χ1v) is 5.52. The van der Waals surface area contributed by atoms with Crippen LogP contribution in [0.1, 0.15) is 19.8 Å². The Kier molecular flexibility index (Phi) is 5.60. The molecule has 0 atom stereocenters. The van der Waals surface area contributed by atoms with Gasteiger partial charge in [0.05, 0.1) is 5.75 Å². The molecule has 0 unspecified atom stereocenters. The molecule has 3 N–H and O–H groups in total. The van der Waals surface area contributed by atoms with Crippen molar-refractivity contribution in [3.8, 4) is 0 Å². The van der Waals surface area contributed by atoms with E-state index >= 15 is 0 Å². The highest BCUT2D eigenvalue weighted by atomic mass is 32.2. The van der Waals surface area contributed by atoms with Crippen molar-refractivity contribution in [2.75, 3.05) is 12.4 Å². The minimum absolute atomic E-state index is 0.0116. The number of carbonyl (C=O) groups excluding carboxylic acids is 1. The van der Waals surface area contributed by atoms with Crippen molar-refractivity contribution >= 4 is 15.9 Å². The van der Waals surface area contributed by atoms with E-state index in [1.165, 1.54) is 0 Å². The Morgan fingerprint density at radius 3 is 2.62 bits per heavy atom. The molecule has 0 aromatic rings. The SMILES string of the molecule is CCCCS(=O)(=O)NOCC(N)=O. The van der Waals surface area contributed by atoms with Gasteiger partial charge in [-0.05, 0) is 6.42 Å². The fraction of sp³-hybridized carbons (Fsp3) is 0.833. The highest BCUT2D eigenvalue weighted by molar-refractivity contribution is 7.89. The van der Waals surface area contributed by atoms with Gasteiger partial charge in [0.15, 0.2) is 0 Å². The molecule has 0 bridgehead atoms. The molecule has 1 amide bonds. The van der Waals surface area contributed by atoms with Crippen LogP contribution in [-0.4, -0.2) is 26.7 Å². The molecular formula is C6H14N2O4S.